The fraction of sp³-hybridized carbons (Fsp3) is 0.720. The van der Waals surface area contributed by atoms with Crippen LogP contribution in [0.2, 0.25) is 0 Å². The van der Waals surface area contributed by atoms with Gasteiger partial charge in [-0.15, -0.1) is 24.0 Å². The van der Waals surface area contributed by atoms with Gasteiger partial charge in [-0.2, -0.15) is 0 Å². The van der Waals surface area contributed by atoms with Crippen molar-refractivity contribution < 1.29 is 9.50 Å². The first-order valence-corrected chi connectivity index (χ1v) is 12.5. The summed E-state index contributed by atoms with van der Waals surface area (Å²) in [4.78, 5) is 9.25. The lowest BCUT2D eigenvalue weighted by atomic mass is 9.72. The van der Waals surface area contributed by atoms with Gasteiger partial charge in [-0.25, -0.2) is 9.38 Å². The van der Waals surface area contributed by atoms with E-state index in [0.717, 1.165) is 76.6 Å². The third-order valence-electron chi connectivity index (χ3n) is 7.12. The Morgan fingerprint density at radius 2 is 1.82 bits per heavy atom. The van der Waals surface area contributed by atoms with Crippen LogP contribution in [0, 0.1) is 11.2 Å². The highest BCUT2D eigenvalue weighted by Gasteiger charge is 2.31. The van der Waals surface area contributed by atoms with Crippen LogP contribution in [0.25, 0.3) is 0 Å². The summed E-state index contributed by atoms with van der Waals surface area (Å²) >= 11 is 0. The zero-order valence-corrected chi connectivity index (χ0v) is 22.7. The number of halogens is 2. The van der Waals surface area contributed by atoms with Crippen LogP contribution >= 0.6 is 24.0 Å². The fourth-order valence-electron chi connectivity index (χ4n) is 5.05. The largest absolute Gasteiger partial charge is 0.396 e. The average molecular weight is 576 g/mol. The smallest absolute Gasteiger partial charge is 0.191 e. The number of hydrogen-bond donors (Lipinski definition) is 3. The second kappa shape index (κ2) is 14.3. The van der Waals surface area contributed by atoms with Crippen LogP contribution in [0.3, 0.4) is 0 Å². The number of anilines is 1. The van der Waals surface area contributed by atoms with Crippen LogP contribution < -0.4 is 15.5 Å². The number of piperazine rings is 1. The van der Waals surface area contributed by atoms with Crippen molar-refractivity contribution >= 4 is 35.6 Å². The van der Waals surface area contributed by atoms with E-state index in [9.17, 15) is 9.50 Å². The van der Waals surface area contributed by atoms with Crippen LogP contribution in [-0.2, 0) is 6.54 Å². The predicted octanol–water partition coefficient (Wildman–Crippen LogP) is 3.97. The molecule has 1 aromatic rings. The molecule has 8 heteroatoms. The number of hydrogen-bond acceptors (Lipinski definition) is 4. The molecule has 0 radical (unpaired) electrons. The van der Waals surface area contributed by atoms with Gasteiger partial charge in [-0.05, 0) is 55.8 Å². The van der Waals surface area contributed by atoms with Crippen molar-refractivity contribution in [2.75, 3.05) is 57.3 Å². The van der Waals surface area contributed by atoms with E-state index in [2.05, 4.69) is 27.4 Å². The SMILES string of the molecule is CCNC(=NCc1ccc(N2CCN(CC)CC2)c(F)c1)NCC1(CCO)CCCCC1.I. The Hall–Kier alpha value is -1.13. The van der Waals surface area contributed by atoms with Gasteiger partial charge in [0.15, 0.2) is 5.96 Å². The fourth-order valence-corrected chi connectivity index (χ4v) is 5.05. The summed E-state index contributed by atoms with van der Waals surface area (Å²) in [5.74, 6) is 0.597. The normalized spacial score (nSPS) is 19.2. The van der Waals surface area contributed by atoms with E-state index < -0.39 is 0 Å². The topological polar surface area (TPSA) is 63.1 Å². The van der Waals surface area contributed by atoms with E-state index >= 15 is 0 Å². The van der Waals surface area contributed by atoms with Crippen molar-refractivity contribution in [2.45, 2.75) is 58.9 Å². The van der Waals surface area contributed by atoms with E-state index in [0.29, 0.717) is 12.2 Å². The number of benzene rings is 1. The van der Waals surface area contributed by atoms with Crippen molar-refractivity contribution in [1.29, 1.82) is 0 Å². The second-order valence-electron chi connectivity index (χ2n) is 9.29. The minimum absolute atomic E-state index is 0. The van der Waals surface area contributed by atoms with Crippen molar-refractivity contribution in [3.63, 3.8) is 0 Å². The first kappa shape index (κ1) is 28.1. The molecular formula is C25H43FIN5O. The molecule has 1 aliphatic carbocycles. The quantitative estimate of drug-likeness (QED) is 0.236. The summed E-state index contributed by atoms with van der Waals surface area (Å²) in [6.07, 6.45) is 6.89. The Morgan fingerprint density at radius 3 is 2.42 bits per heavy atom. The van der Waals surface area contributed by atoms with Crippen LogP contribution in [0.4, 0.5) is 10.1 Å². The van der Waals surface area contributed by atoms with Gasteiger partial charge >= 0.3 is 0 Å². The number of nitrogens with zero attached hydrogens (tertiary/aromatic N) is 3. The molecule has 2 aliphatic rings. The Kier molecular flexibility index (Phi) is 12.2. The predicted molar refractivity (Wildman–Crippen MR) is 146 cm³/mol. The van der Waals surface area contributed by atoms with Gasteiger partial charge in [0.25, 0.3) is 0 Å². The molecule has 188 valence electrons. The Bertz CT molecular complexity index is 728. The second-order valence-corrected chi connectivity index (χ2v) is 9.29. The van der Waals surface area contributed by atoms with Crippen molar-refractivity contribution in [2.24, 2.45) is 10.4 Å². The molecule has 0 unspecified atom stereocenters. The Labute approximate surface area is 216 Å². The standard InChI is InChI=1S/C25H42FN5O.HI/c1-3-27-24(29-20-25(12-17-32)10-6-5-7-11-25)28-19-21-8-9-23(22(26)18-21)31-15-13-30(4-2)14-16-31;/h8-9,18,32H,3-7,10-17,19-20H2,1-2H3,(H2,27,28,29);1H. The molecule has 0 atom stereocenters. The van der Waals surface area contributed by atoms with E-state index in [1.807, 2.05) is 19.1 Å². The van der Waals surface area contributed by atoms with E-state index in [-0.39, 0.29) is 41.8 Å². The molecule has 0 spiro atoms. The van der Waals surface area contributed by atoms with E-state index in [1.54, 1.807) is 6.07 Å². The molecule has 1 saturated carbocycles. The molecule has 0 aromatic heterocycles. The Morgan fingerprint density at radius 1 is 1.09 bits per heavy atom. The minimum Gasteiger partial charge on any atom is -0.396 e. The van der Waals surface area contributed by atoms with Crippen molar-refractivity contribution in [3.8, 4) is 0 Å². The number of nitrogens with one attached hydrogen (secondary N) is 2. The molecule has 3 rings (SSSR count). The molecule has 1 saturated heterocycles. The van der Waals surface area contributed by atoms with Gasteiger partial charge in [0, 0.05) is 45.9 Å². The number of likely N-dealkylation sites (N-methyl/N-ethyl adjacent to an activating group) is 1. The molecule has 33 heavy (non-hydrogen) atoms. The molecule has 3 N–H and O–H groups in total. The van der Waals surface area contributed by atoms with Gasteiger partial charge in [0.2, 0.25) is 0 Å². The average Bonchev–Trinajstić information content (AvgIpc) is 2.82. The minimum atomic E-state index is -0.162. The lowest BCUT2D eigenvalue weighted by Gasteiger charge is -2.37. The van der Waals surface area contributed by atoms with Crippen LogP contribution in [0.5, 0.6) is 0 Å². The van der Waals surface area contributed by atoms with Gasteiger partial charge in [-0.1, -0.05) is 32.3 Å². The highest BCUT2D eigenvalue weighted by molar-refractivity contribution is 14.0. The van der Waals surface area contributed by atoms with Gasteiger partial charge < -0.3 is 25.5 Å². The van der Waals surface area contributed by atoms with Gasteiger partial charge in [-0.3, -0.25) is 0 Å². The third kappa shape index (κ3) is 8.24. The zero-order valence-electron chi connectivity index (χ0n) is 20.4. The first-order valence-electron chi connectivity index (χ1n) is 12.5. The van der Waals surface area contributed by atoms with E-state index in [4.69, 9.17) is 4.99 Å². The molecule has 1 aromatic carbocycles. The summed E-state index contributed by atoms with van der Waals surface area (Å²) in [5.41, 5.74) is 1.72. The zero-order chi connectivity index (χ0) is 22.8. The van der Waals surface area contributed by atoms with Gasteiger partial charge in [0.1, 0.15) is 5.82 Å². The lowest BCUT2D eigenvalue weighted by molar-refractivity contribution is 0.131. The number of guanidine groups is 1. The summed E-state index contributed by atoms with van der Waals surface area (Å²) in [5, 5.41) is 16.4. The third-order valence-corrected chi connectivity index (χ3v) is 7.12. The van der Waals surface area contributed by atoms with E-state index in [1.165, 1.54) is 19.3 Å². The summed E-state index contributed by atoms with van der Waals surface area (Å²) in [7, 11) is 0. The number of rotatable bonds is 9. The molecule has 0 bridgehead atoms. The molecule has 1 heterocycles. The highest BCUT2D eigenvalue weighted by Crippen LogP contribution is 2.38. The molecule has 6 nitrogen and oxygen atoms in total. The lowest BCUT2D eigenvalue weighted by Crippen LogP contribution is -2.46. The summed E-state index contributed by atoms with van der Waals surface area (Å²) in [6, 6.07) is 5.52. The number of aliphatic imine (C=N–C) groups is 1. The number of aliphatic hydroxyl groups is 1. The van der Waals surface area contributed by atoms with Crippen molar-refractivity contribution in [3.05, 3.63) is 29.6 Å². The molecule has 0 amide bonds. The van der Waals surface area contributed by atoms with Crippen LogP contribution in [0.1, 0.15) is 57.9 Å². The monoisotopic (exact) mass is 575 g/mol. The maximum atomic E-state index is 14.9. The maximum absolute atomic E-state index is 14.9. The Balaban J connectivity index is 0.00000385. The first-order chi connectivity index (χ1) is 15.6. The van der Waals surface area contributed by atoms with Crippen LogP contribution in [-0.4, -0.2) is 68.4 Å². The van der Waals surface area contributed by atoms with Gasteiger partial charge in [0.05, 0.1) is 12.2 Å². The maximum Gasteiger partial charge on any atom is 0.191 e. The molecular weight excluding hydrogens is 532 g/mol. The number of aliphatic hydroxyl groups excluding tert-OH is 1. The summed E-state index contributed by atoms with van der Waals surface area (Å²) in [6.45, 7) is 11.2. The van der Waals surface area contributed by atoms with Crippen LogP contribution in [0.15, 0.2) is 23.2 Å². The van der Waals surface area contributed by atoms with Crippen molar-refractivity contribution in [1.82, 2.24) is 15.5 Å². The molecule has 2 fully saturated rings. The molecule has 1 aliphatic heterocycles. The highest BCUT2D eigenvalue weighted by atomic mass is 127. The summed E-state index contributed by atoms with van der Waals surface area (Å²) < 4.78 is 14.9.